The number of carbonyl (C=O) groups is 1. The van der Waals surface area contributed by atoms with E-state index >= 15 is 0 Å². The van der Waals surface area contributed by atoms with Crippen LogP contribution in [-0.4, -0.2) is 31.9 Å². The molecule has 18 heavy (non-hydrogen) atoms. The number of allylic oxidation sites excluding steroid dienone is 1. The van der Waals surface area contributed by atoms with Gasteiger partial charge in [-0.2, -0.15) is 0 Å². The number of esters is 1. The summed E-state index contributed by atoms with van der Waals surface area (Å²) in [5.41, 5.74) is 0.997. The molecule has 1 saturated heterocycles. The topological polar surface area (TPSA) is 44.8 Å². The van der Waals surface area contributed by atoms with E-state index in [-0.39, 0.29) is 5.97 Å². The predicted octanol–water partition coefficient (Wildman–Crippen LogP) is 2.60. The lowest BCUT2D eigenvalue weighted by atomic mass is 9.98. The van der Waals surface area contributed by atoms with Gasteiger partial charge in [0.25, 0.3) is 0 Å². The molecule has 1 fully saturated rings. The van der Waals surface area contributed by atoms with Gasteiger partial charge >= 0.3 is 5.97 Å². The highest BCUT2D eigenvalue weighted by atomic mass is 16.6. The summed E-state index contributed by atoms with van der Waals surface area (Å²) in [5, 5.41) is 0. The van der Waals surface area contributed by atoms with E-state index in [0.29, 0.717) is 31.0 Å². The molecule has 0 amide bonds. The van der Waals surface area contributed by atoms with Crippen LogP contribution in [0.4, 0.5) is 0 Å². The number of ether oxygens (including phenoxy) is 3. The minimum absolute atomic E-state index is 0.335. The van der Waals surface area contributed by atoms with Crippen LogP contribution in [0.2, 0.25) is 0 Å². The Bertz CT molecular complexity index is 358. The monoisotopic (exact) mass is 254 g/mol. The van der Waals surface area contributed by atoms with E-state index < -0.39 is 5.60 Å². The minimum atomic E-state index is -0.444. The molecule has 102 valence electrons. The second-order valence-electron chi connectivity index (χ2n) is 4.81. The van der Waals surface area contributed by atoms with Gasteiger partial charge in [0, 0.05) is 6.42 Å². The van der Waals surface area contributed by atoms with Gasteiger partial charge in [0.15, 0.2) is 5.60 Å². The summed E-state index contributed by atoms with van der Waals surface area (Å²) in [5.74, 6) is 0.275. The first-order valence-corrected chi connectivity index (χ1v) is 6.13. The van der Waals surface area contributed by atoms with Crippen molar-refractivity contribution in [3.05, 3.63) is 23.5 Å². The molecular weight excluding hydrogens is 232 g/mol. The third kappa shape index (κ3) is 3.35. The van der Waals surface area contributed by atoms with Crippen LogP contribution in [0, 0.1) is 0 Å². The highest BCUT2D eigenvalue weighted by Crippen LogP contribution is 2.27. The summed E-state index contributed by atoms with van der Waals surface area (Å²) in [6.07, 6.45) is 1.31. The number of carbonyl (C=O) groups excluding carboxylic acids is 1. The van der Waals surface area contributed by atoms with Gasteiger partial charge in [-0.15, -0.1) is 0 Å². The Kier molecular flexibility index (Phi) is 4.96. The largest absolute Gasteiger partial charge is 0.500 e. The van der Waals surface area contributed by atoms with Crippen LogP contribution in [0.15, 0.2) is 23.5 Å². The third-order valence-electron chi connectivity index (χ3n) is 3.12. The Labute approximate surface area is 109 Å². The molecule has 1 aliphatic rings. The van der Waals surface area contributed by atoms with E-state index in [1.807, 2.05) is 13.8 Å². The Morgan fingerprint density at radius 3 is 2.33 bits per heavy atom. The standard InChI is InChI=1S/C14H22O4/c1-6-14(8-17-9-14)18-13(15)11(4)12(16-5)7-10(2)3/h2,6-9H2,1,3-5H3/b12-11+. The zero-order chi connectivity index (χ0) is 13.8. The molecule has 0 saturated carbocycles. The molecule has 0 atom stereocenters. The van der Waals surface area contributed by atoms with Crippen LogP contribution in [0.3, 0.4) is 0 Å². The molecule has 1 heterocycles. The van der Waals surface area contributed by atoms with Gasteiger partial charge in [-0.25, -0.2) is 4.79 Å². The van der Waals surface area contributed by atoms with Crippen molar-refractivity contribution in [2.45, 2.75) is 39.2 Å². The fourth-order valence-corrected chi connectivity index (χ4v) is 1.68. The second kappa shape index (κ2) is 6.05. The molecule has 4 heteroatoms. The molecule has 0 aromatic rings. The van der Waals surface area contributed by atoms with Gasteiger partial charge in [-0.1, -0.05) is 19.1 Å². The molecule has 0 aromatic carbocycles. The van der Waals surface area contributed by atoms with Crippen LogP contribution in [-0.2, 0) is 19.0 Å². The second-order valence-corrected chi connectivity index (χ2v) is 4.81. The van der Waals surface area contributed by atoms with Gasteiger partial charge < -0.3 is 14.2 Å². The summed E-state index contributed by atoms with van der Waals surface area (Å²) in [4.78, 5) is 12.0. The third-order valence-corrected chi connectivity index (χ3v) is 3.12. The van der Waals surface area contributed by atoms with Crippen molar-refractivity contribution >= 4 is 5.97 Å². The molecule has 0 radical (unpaired) electrons. The Morgan fingerprint density at radius 1 is 1.39 bits per heavy atom. The summed E-state index contributed by atoms with van der Waals surface area (Å²) in [6.45, 7) is 10.4. The lowest BCUT2D eigenvalue weighted by molar-refractivity contribution is -0.210. The molecule has 0 N–H and O–H groups in total. The van der Waals surface area contributed by atoms with E-state index in [9.17, 15) is 4.79 Å². The van der Waals surface area contributed by atoms with Crippen molar-refractivity contribution in [1.82, 2.24) is 0 Å². The first kappa shape index (κ1) is 14.8. The number of hydrogen-bond acceptors (Lipinski definition) is 4. The van der Waals surface area contributed by atoms with Crippen molar-refractivity contribution in [1.29, 1.82) is 0 Å². The summed E-state index contributed by atoms with van der Waals surface area (Å²) in [6, 6.07) is 0. The van der Waals surface area contributed by atoms with Gasteiger partial charge in [-0.05, 0) is 20.3 Å². The first-order valence-electron chi connectivity index (χ1n) is 6.13. The zero-order valence-corrected chi connectivity index (χ0v) is 11.7. The van der Waals surface area contributed by atoms with Crippen LogP contribution >= 0.6 is 0 Å². The normalized spacial score (nSPS) is 18.4. The van der Waals surface area contributed by atoms with Crippen LogP contribution < -0.4 is 0 Å². The predicted molar refractivity (Wildman–Crippen MR) is 69.1 cm³/mol. The maximum absolute atomic E-state index is 12.0. The van der Waals surface area contributed by atoms with E-state index in [0.717, 1.165) is 12.0 Å². The summed E-state index contributed by atoms with van der Waals surface area (Å²) in [7, 11) is 1.55. The zero-order valence-electron chi connectivity index (χ0n) is 11.7. The minimum Gasteiger partial charge on any atom is -0.500 e. The van der Waals surface area contributed by atoms with Crippen LogP contribution in [0.5, 0.6) is 0 Å². The van der Waals surface area contributed by atoms with E-state index in [4.69, 9.17) is 14.2 Å². The van der Waals surface area contributed by atoms with Crippen molar-refractivity contribution in [3.8, 4) is 0 Å². The van der Waals surface area contributed by atoms with Crippen LogP contribution in [0.25, 0.3) is 0 Å². The maximum atomic E-state index is 12.0. The Morgan fingerprint density at radius 2 is 2.00 bits per heavy atom. The molecule has 0 aliphatic carbocycles. The van der Waals surface area contributed by atoms with Gasteiger partial charge in [-0.3, -0.25) is 0 Å². The Hall–Kier alpha value is -1.29. The lowest BCUT2D eigenvalue weighted by Crippen LogP contribution is -2.52. The molecule has 4 nitrogen and oxygen atoms in total. The molecule has 0 spiro atoms. The number of methoxy groups -OCH3 is 1. The smallest absolute Gasteiger partial charge is 0.337 e. The average Bonchev–Trinajstić information content (AvgIpc) is 2.29. The first-order chi connectivity index (χ1) is 8.44. The molecule has 0 unspecified atom stereocenters. The average molecular weight is 254 g/mol. The van der Waals surface area contributed by atoms with Crippen LogP contribution in [0.1, 0.15) is 33.6 Å². The van der Waals surface area contributed by atoms with Gasteiger partial charge in [0.2, 0.25) is 0 Å². The molecule has 0 bridgehead atoms. The van der Waals surface area contributed by atoms with Crippen molar-refractivity contribution in [2.24, 2.45) is 0 Å². The Balaban J connectivity index is 2.74. The maximum Gasteiger partial charge on any atom is 0.337 e. The van der Waals surface area contributed by atoms with E-state index in [1.165, 1.54) is 0 Å². The number of rotatable bonds is 6. The fourth-order valence-electron chi connectivity index (χ4n) is 1.68. The molecule has 1 rings (SSSR count). The van der Waals surface area contributed by atoms with E-state index in [1.54, 1.807) is 14.0 Å². The van der Waals surface area contributed by atoms with Gasteiger partial charge in [0.1, 0.15) is 5.76 Å². The van der Waals surface area contributed by atoms with Crippen molar-refractivity contribution in [2.75, 3.05) is 20.3 Å². The van der Waals surface area contributed by atoms with Gasteiger partial charge in [0.05, 0.1) is 25.9 Å². The molecule has 1 aliphatic heterocycles. The highest BCUT2D eigenvalue weighted by molar-refractivity contribution is 5.88. The number of hydrogen-bond donors (Lipinski definition) is 0. The van der Waals surface area contributed by atoms with Crippen molar-refractivity contribution < 1.29 is 19.0 Å². The quantitative estimate of drug-likeness (QED) is 0.316. The molecule has 0 aromatic heterocycles. The van der Waals surface area contributed by atoms with Crippen molar-refractivity contribution in [3.63, 3.8) is 0 Å². The summed E-state index contributed by atoms with van der Waals surface area (Å²) < 4.78 is 15.9. The fraction of sp³-hybridized carbons (Fsp3) is 0.643. The van der Waals surface area contributed by atoms with E-state index in [2.05, 4.69) is 6.58 Å². The SMILES string of the molecule is C=C(C)C/C(OC)=C(/C)C(=O)OC1(CC)COC1. The highest BCUT2D eigenvalue weighted by Gasteiger charge is 2.41. The summed E-state index contributed by atoms with van der Waals surface area (Å²) >= 11 is 0. The molecular formula is C14H22O4. The lowest BCUT2D eigenvalue weighted by Gasteiger charge is -2.39.